The van der Waals surface area contributed by atoms with Gasteiger partial charge in [-0.25, -0.2) is 9.18 Å². The van der Waals surface area contributed by atoms with E-state index in [1.807, 2.05) is 30.9 Å². The maximum atomic E-state index is 13.3. The van der Waals surface area contributed by atoms with Crippen molar-refractivity contribution in [2.45, 2.75) is 39.3 Å². The number of rotatable bonds is 8. The Labute approximate surface area is 182 Å². The lowest BCUT2D eigenvalue weighted by Crippen LogP contribution is -2.48. The van der Waals surface area contributed by atoms with Crippen LogP contribution in [0.15, 0.2) is 42.5 Å². The van der Waals surface area contributed by atoms with Crippen molar-refractivity contribution in [2.75, 3.05) is 19.7 Å². The molecule has 2 N–H and O–H groups in total. The first-order chi connectivity index (χ1) is 14.8. The summed E-state index contributed by atoms with van der Waals surface area (Å²) in [6, 6.07) is 11.9. The van der Waals surface area contributed by atoms with E-state index in [1.165, 1.54) is 12.1 Å². The molecular weight excluding hydrogens is 399 g/mol. The predicted molar refractivity (Wildman–Crippen MR) is 116 cm³/mol. The van der Waals surface area contributed by atoms with Gasteiger partial charge in [0.15, 0.2) is 6.61 Å². The lowest BCUT2D eigenvalue weighted by atomic mass is 10.0. The molecule has 0 saturated carbocycles. The van der Waals surface area contributed by atoms with Crippen LogP contribution < -0.4 is 10.1 Å². The Hall–Kier alpha value is -2.93. The predicted octanol–water partition coefficient (Wildman–Crippen LogP) is 3.69. The van der Waals surface area contributed by atoms with E-state index < -0.39 is 12.6 Å². The molecule has 0 aliphatic carbocycles. The third-order valence-electron chi connectivity index (χ3n) is 5.40. The molecule has 31 heavy (non-hydrogen) atoms. The number of halogens is 1. The normalized spacial score (nSPS) is 16.4. The van der Waals surface area contributed by atoms with E-state index in [-0.39, 0.29) is 23.7 Å². The van der Waals surface area contributed by atoms with Gasteiger partial charge >= 0.3 is 5.97 Å². The monoisotopic (exact) mass is 428 g/mol. The number of ether oxygens (including phenoxy) is 1. The van der Waals surface area contributed by atoms with E-state index in [9.17, 15) is 14.0 Å². The van der Waals surface area contributed by atoms with Crippen LogP contribution in [0.3, 0.4) is 0 Å². The first kappa shape index (κ1) is 22.7. The summed E-state index contributed by atoms with van der Waals surface area (Å²) >= 11 is 0. The summed E-state index contributed by atoms with van der Waals surface area (Å²) in [6.45, 7) is 5.29. The standard InChI is InChI=1S/C24H29FN2O4/c1-16(2)24(30)27-11-3-4-21(14-27)26-13-19-12-18(17-5-8-20(25)9-6-17)7-10-22(19)31-15-23(28)29/h5-10,12,16,21,26H,3-4,11,13-15H2,1-2H3,(H,28,29). The van der Waals surface area contributed by atoms with Gasteiger partial charge in [-0.05, 0) is 48.2 Å². The molecule has 6 nitrogen and oxygen atoms in total. The van der Waals surface area contributed by atoms with Crippen LogP contribution in [0.25, 0.3) is 11.1 Å². The van der Waals surface area contributed by atoms with Crippen molar-refractivity contribution in [1.82, 2.24) is 10.2 Å². The fourth-order valence-corrected chi connectivity index (χ4v) is 3.78. The van der Waals surface area contributed by atoms with Gasteiger partial charge in [0.2, 0.25) is 5.91 Å². The molecule has 1 saturated heterocycles. The Morgan fingerprint density at radius 3 is 2.58 bits per heavy atom. The van der Waals surface area contributed by atoms with Crippen LogP contribution in [-0.4, -0.2) is 47.6 Å². The summed E-state index contributed by atoms with van der Waals surface area (Å²) in [4.78, 5) is 25.2. The number of carbonyl (C=O) groups is 2. The van der Waals surface area contributed by atoms with Crippen molar-refractivity contribution < 1.29 is 23.8 Å². The average Bonchev–Trinajstić information content (AvgIpc) is 2.76. The highest BCUT2D eigenvalue weighted by atomic mass is 19.1. The third-order valence-corrected chi connectivity index (χ3v) is 5.40. The number of amides is 1. The molecule has 1 atom stereocenters. The SMILES string of the molecule is CC(C)C(=O)N1CCCC(NCc2cc(-c3ccc(F)cc3)ccc2OCC(=O)O)C1. The van der Waals surface area contributed by atoms with Crippen molar-refractivity contribution in [1.29, 1.82) is 0 Å². The van der Waals surface area contributed by atoms with Crippen LogP contribution in [-0.2, 0) is 16.1 Å². The Morgan fingerprint density at radius 1 is 1.19 bits per heavy atom. The molecule has 1 amide bonds. The summed E-state index contributed by atoms with van der Waals surface area (Å²) in [5, 5.41) is 12.5. The smallest absolute Gasteiger partial charge is 0.341 e. The maximum absolute atomic E-state index is 13.3. The van der Waals surface area contributed by atoms with Crippen molar-refractivity contribution in [2.24, 2.45) is 5.92 Å². The number of nitrogens with zero attached hydrogens (tertiary/aromatic N) is 1. The molecule has 1 unspecified atom stereocenters. The van der Waals surface area contributed by atoms with E-state index in [4.69, 9.17) is 9.84 Å². The second-order valence-electron chi connectivity index (χ2n) is 8.17. The quantitative estimate of drug-likeness (QED) is 0.670. The Morgan fingerprint density at radius 2 is 1.90 bits per heavy atom. The fourth-order valence-electron chi connectivity index (χ4n) is 3.78. The van der Waals surface area contributed by atoms with Gasteiger partial charge in [-0.3, -0.25) is 4.79 Å². The van der Waals surface area contributed by atoms with Gasteiger partial charge in [0, 0.05) is 37.2 Å². The Balaban J connectivity index is 1.75. The van der Waals surface area contributed by atoms with Crippen molar-refractivity contribution in [3.05, 3.63) is 53.8 Å². The molecule has 3 rings (SSSR count). The molecule has 0 aromatic heterocycles. The number of piperidine rings is 1. The minimum absolute atomic E-state index is 0.0258. The van der Waals surface area contributed by atoms with E-state index in [0.29, 0.717) is 18.8 Å². The Bertz CT molecular complexity index is 914. The zero-order valence-corrected chi connectivity index (χ0v) is 17.9. The highest BCUT2D eigenvalue weighted by Gasteiger charge is 2.25. The van der Waals surface area contributed by atoms with E-state index >= 15 is 0 Å². The van der Waals surface area contributed by atoms with Crippen molar-refractivity contribution in [3.63, 3.8) is 0 Å². The molecule has 2 aromatic rings. The van der Waals surface area contributed by atoms with Crippen LogP contribution >= 0.6 is 0 Å². The lowest BCUT2D eigenvalue weighted by molar-refractivity contribution is -0.139. The maximum Gasteiger partial charge on any atom is 0.341 e. The number of carbonyl (C=O) groups excluding carboxylic acids is 1. The number of nitrogens with one attached hydrogen (secondary N) is 1. The molecule has 1 fully saturated rings. The topological polar surface area (TPSA) is 78.9 Å². The van der Waals surface area contributed by atoms with E-state index in [2.05, 4.69) is 5.32 Å². The van der Waals surface area contributed by atoms with Gasteiger partial charge in [-0.1, -0.05) is 32.0 Å². The minimum Gasteiger partial charge on any atom is -0.482 e. The average molecular weight is 429 g/mol. The molecular formula is C24H29FN2O4. The first-order valence-corrected chi connectivity index (χ1v) is 10.6. The summed E-state index contributed by atoms with van der Waals surface area (Å²) < 4.78 is 18.7. The molecule has 1 heterocycles. The summed E-state index contributed by atoms with van der Waals surface area (Å²) in [5.74, 6) is -0.717. The molecule has 2 aromatic carbocycles. The van der Waals surface area contributed by atoms with E-state index in [0.717, 1.165) is 36.1 Å². The molecule has 7 heteroatoms. The van der Waals surface area contributed by atoms with Crippen LogP contribution in [0.4, 0.5) is 4.39 Å². The van der Waals surface area contributed by atoms with Gasteiger partial charge in [-0.2, -0.15) is 0 Å². The minimum atomic E-state index is -1.04. The van der Waals surface area contributed by atoms with Crippen molar-refractivity contribution in [3.8, 4) is 16.9 Å². The van der Waals surface area contributed by atoms with Gasteiger partial charge in [-0.15, -0.1) is 0 Å². The number of hydrogen-bond acceptors (Lipinski definition) is 4. The zero-order chi connectivity index (χ0) is 22.4. The molecule has 0 bridgehead atoms. The number of carboxylic acid groups (broad SMARTS) is 1. The molecule has 0 spiro atoms. The number of aliphatic carboxylic acids is 1. The third kappa shape index (κ3) is 6.28. The molecule has 166 valence electrons. The molecule has 1 aliphatic rings. The number of likely N-dealkylation sites (tertiary alicyclic amines) is 1. The van der Waals surface area contributed by atoms with Crippen LogP contribution in [0.2, 0.25) is 0 Å². The molecule has 1 aliphatic heterocycles. The Kier molecular flexibility index (Phi) is 7.63. The van der Waals surface area contributed by atoms with Crippen molar-refractivity contribution >= 4 is 11.9 Å². The first-order valence-electron chi connectivity index (χ1n) is 10.6. The number of benzene rings is 2. The molecule has 0 radical (unpaired) electrons. The second-order valence-corrected chi connectivity index (χ2v) is 8.17. The highest BCUT2D eigenvalue weighted by Crippen LogP contribution is 2.27. The summed E-state index contributed by atoms with van der Waals surface area (Å²) in [7, 11) is 0. The number of hydrogen-bond donors (Lipinski definition) is 2. The summed E-state index contributed by atoms with van der Waals surface area (Å²) in [5.41, 5.74) is 2.56. The van der Waals surface area contributed by atoms with E-state index in [1.54, 1.807) is 18.2 Å². The zero-order valence-electron chi connectivity index (χ0n) is 17.9. The lowest BCUT2D eigenvalue weighted by Gasteiger charge is -2.34. The van der Waals surface area contributed by atoms with Crippen LogP contribution in [0.5, 0.6) is 5.75 Å². The fraction of sp³-hybridized carbons (Fsp3) is 0.417. The van der Waals surface area contributed by atoms with Gasteiger partial charge in [0.25, 0.3) is 0 Å². The highest BCUT2D eigenvalue weighted by molar-refractivity contribution is 5.78. The van der Waals surface area contributed by atoms with Gasteiger partial charge < -0.3 is 20.1 Å². The summed E-state index contributed by atoms with van der Waals surface area (Å²) in [6.07, 6.45) is 1.90. The number of carboxylic acids is 1. The van der Waals surface area contributed by atoms with Crippen LogP contribution in [0, 0.1) is 11.7 Å². The van der Waals surface area contributed by atoms with Gasteiger partial charge in [0.05, 0.1) is 0 Å². The largest absolute Gasteiger partial charge is 0.482 e. The van der Waals surface area contributed by atoms with Crippen LogP contribution in [0.1, 0.15) is 32.3 Å². The van der Waals surface area contributed by atoms with Gasteiger partial charge in [0.1, 0.15) is 11.6 Å². The second kappa shape index (κ2) is 10.4.